The van der Waals surface area contributed by atoms with Gasteiger partial charge >= 0.3 is 0 Å². The fourth-order valence-electron chi connectivity index (χ4n) is 3.98. The van der Waals surface area contributed by atoms with E-state index in [1.54, 1.807) is 17.0 Å². The van der Waals surface area contributed by atoms with Gasteiger partial charge in [0.2, 0.25) is 0 Å². The molecule has 5 nitrogen and oxygen atoms in total. The van der Waals surface area contributed by atoms with Crippen LogP contribution in [0.15, 0.2) is 48.0 Å². The van der Waals surface area contributed by atoms with Crippen LogP contribution in [-0.2, 0) is 9.59 Å². The highest BCUT2D eigenvalue weighted by molar-refractivity contribution is 6.46. The average Bonchev–Trinajstić information content (AvgIpc) is 2.98. The summed E-state index contributed by atoms with van der Waals surface area (Å²) in [7, 11) is 1.52. The molecule has 30 heavy (non-hydrogen) atoms. The fraction of sp³-hybridized carbons (Fsp3) is 0.360. The molecule has 1 atom stereocenters. The number of rotatable bonds is 7. The first kappa shape index (κ1) is 21.6. The highest BCUT2D eigenvalue weighted by Gasteiger charge is 2.46. The van der Waals surface area contributed by atoms with Crippen LogP contribution in [0, 0.1) is 13.8 Å². The summed E-state index contributed by atoms with van der Waals surface area (Å²) in [4.78, 5) is 27.6. The minimum Gasteiger partial charge on any atom is -0.507 e. The lowest BCUT2D eigenvalue weighted by Gasteiger charge is -2.25. The predicted octanol–water partition coefficient (Wildman–Crippen LogP) is 4.92. The van der Waals surface area contributed by atoms with Crippen molar-refractivity contribution in [2.24, 2.45) is 0 Å². The van der Waals surface area contributed by atoms with Crippen LogP contribution >= 0.6 is 0 Å². The number of carbonyl (C=O) groups is 2. The quantitative estimate of drug-likeness (QED) is 0.306. The van der Waals surface area contributed by atoms with Crippen molar-refractivity contribution in [2.75, 3.05) is 13.7 Å². The molecule has 1 heterocycles. The molecule has 0 spiro atoms. The third kappa shape index (κ3) is 4.11. The van der Waals surface area contributed by atoms with E-state index in [9.17, 15) is 14.7 Å². The Morgan fingerprint density at radius 3 is 2.47 bits per heavy atom. The number of likely N-dealkylation sites (tertiary alicyclic amines) is 1. The molecule has 0 aromatic heterocycles. The van der Waals surface area contributed by atoms with E-state index in [4.69, 9.17) is 4.74 Å². The van der Waals surface area contributed by atoms with E-state index in [0.29, 0.717) is 17.9 Å². The molecule has 1 unspecified atom stereocenters. The number of benzene rings is 2. The first-order chi connectivity index (χ1) is 14.4. The van der Waals surface area contributed by atoms with E-state index < -0.39 is 17.7 Å². The summed E-state index contributed by atoms with van der Waals surface area (Å²) >= 11 is 0. The van der Waals surface area contributed by atoms with Crippen molar-refractivity contribution in [2.45, 2.75) is 46.1 Å². The molecule has 1 amide bonds. The van der Waals surface area contributed by atoms with Crippen molar-refractivity contribution in [3.63, 3.8) is 0 Å². The van der Waals surface area contributed by atoms with Gasteiger partial charge in [-0.1, -0.05) is 61.2 Å². The second kappa shape index (κ2) is 9.16. The van der Waals surface area contributed by atoms with Gasteiger partial charge in [0, 0.05) is 6.54 Å². The smallest absolute Gasteiger partial charge is 0.295 e. The second-order valence-electron chi connectivity index (χ2n) is 7.82. The third-order valence-corrected chi connectivity index (χ3v) is 5.51. The number of ether oxygens (including phenoxy) is 1. The van der Waals surface area contributed by atoms with Gasteiger partial charge in [0.15, 0.2) is 0 Å². The fourth-order valence-corrected chi connectivity index (χ4v) is 3.98. The molecule has 1 fully saturated rings. The molecule has 1 aliphatic heterocycles. The Hall–Kier alpha value is -3.08. The molecule has 1 N–H and O–H groups in total. The largest absolute Gasteiger partial charge is 0.507 e. The summed E-state index contributed by atoms with van der Waals surface area (Å²) in [5.74, 6) is -0.957. The molecule has 0 bridgehead atoms. The maximum Gasteiger partial charge on any atom is 0.295 e. The standard InChI is InChI=1S/C25H29NO4/c1-5-6-7-13-26-22(18-10-8-9-16(2)14-18)21(24(28)25(26)29)23(27)19-15-17(3)11-12-20(19)30-4/h8-12,14-15,22,27H,5-7,13H2,1-4H3/b23-21+. The van der Waals surface area contributed by atoms with E-state index in [1.165, 1.54) is 7.11 Å². The number of hydrogen-bond donors (Lipinski definition) is 1. The van der Waals surface area contributed by atoms with Gasteiger partial charge in [0.1, 0.15) is 11.5 Å². The van der Waals surface area contributed by atoms with Crippen LogP contribution in [-0.4, -0.2) is 35.4 Å². The number of aryl methyl sites for hydroxylation is 2. The number of amides is 1. The zero-order valence-corrected chi connectivity index (χ0v) is 18.1. The van der Waals surface area contributed by atoms with Crippen LogP contribution in [0.4, 0.5) is 0 Å². The third-order valence-electron chi connectivity index (χ3n) is 5.51. The number of ketones is 1. The van der Waals surface area contributed by atoms with Gasteiger partial charge in [-0.15, -0.1) is 0 Å². The highest BCUT2D eigenvalue weighted by atomic mass is 16.5. The van der Waals surface area contributed by atoms with Gasteiger partial charge in [-0.3, -0.25) is 9.59 Å². The van der Waals surface area contributed by atoms with Crippen molar-refractivity contribution >= 4 is 17.4 Å². The number of Topliss-reactive ketones (excluding diaryl/α,β-unsaturated/α-hetero) is 1. The first-order valence-electron chi connectivity index (χ1n) is 10.4. The van der Waals surface area contributed by atoms with Crippen LogP contribution in [0.1, 0.15) is 54.5 Å². The number of nitrogens with zero attached hydrogens (tertiary/aromatic N) is 1. The lowest BCUT2D eigenvalue weighted by Crippen LogP contribution is -2.30. The monoisotopic (exact) mass is 407 g/mol. The molecule has 1 aliphatic rings. The van der Waals surface area contributed by atoms with Gasteiger partial charge < -0.3 is 14.7 Å². The van der Waals surface area contributed by atoms with E-state index in [-0.39, 0.29) is 11.3 Å². The molecule has 0 saturated carbocycles. The summed E-state index contributed by atoms with van der Waals surface area (Å²) in [6, 6.07) is 12.5. The molecule has 1 saturated heterocycles. The summed E-state index contributed by atoms with van der Waals surface area (Å²) in [6.45, 7) is 6.43. The van der Waals surface area contributed by atoms with Gasteiger partial charge in [-0.05, 0) is 38.0 Å². The zero-order chi connectivity index (χ0) is 21.8. The molecular formula is C25H29NO4. The topological polar surface area (TPSA) is 66.8 Å². The van der Waals surface area contributed by atoms with Crippen molar-refractivity contribution in [1.29, 1.82) is 0 Å². The van der Waals surface area contributed by atoms with E-state index in [0.717, 1.165) is 36.0 Å². The number of unbranched alkanes of at least 4 members (excludes halogenated alkanes) is 2. The van der Waals surface area contributed by atoms with Gasteiger partial charge in [-0.2, -0.15) is 0 Å². The normalized spacial score (nSPS) is 18.1. The Kier molecular flexibility index (Phi) is 6.60. The van der Waals surface area contributed by atoms with Crippen molar-refractivity contribution < 1.29 is 19.4 Å². The van der Waals surface area contributed by atoms with Crippen LogP contribution in [0.25, 0.3) is 5.76 Å². The second-order valence-corrected chi connectivity index (χ2v) is 7.82. The maximum absolute atomic E-state index is 13.1. The number of aliphatic hydroxyl groups is 1. The number of aliphatic hydroxyl groups excluding tert-OH is 1. The SMILES string of the molecule is CCCCCN1C(=O)C(=O)/C(=C(/O)c2cc(C)ccc2OC)C1c1cccc(C)c1. The van der Waals surface area contributed by atoms with Crippen LogP contribution in [0.2, 0.25) is 0 Å². The Balaban J connectivity index is 2.19. The summed E-state index contributed by atoms with van der Waals surface area (Å²) in [6.07, 6.45) is 2.79. The Labute approximate surface area is 178 Å². The number of methoxy groups -OCH3 is 1. The zero-order valence-electron chi connectivity index (χ0n) is 18.1. The van der Waals surface area contributed by atoms with Crippen LogP contribution in [0.3, 0.4) is 0 Å². The van der Waals surface area contributed by atoms with Crippen LogP contribution < -0.4 is 4.74 Å². The summed E-state index contributed by atoms with van der Waals surface area (Å²) in [5, 5.41) is 11.2. The first-order valence-corrected chi connectivity index (χ1v) is 10.4. The predicted molar refractivity (Wildman–Crippen MR) is 117 cm³/mol. The van der Waals surface area contributed by atoms with Crippen LogP contribution in [0.5, 0.6) is 5.75 Å². The molecule has 0 aliphatic carbocycles. The average molecular weight is 408 g/mol. The maximum atomic E-state index is 13.1. The highest BCUT2D eigenvalue weighted by Crippen LogP contribution is 2.41. The number of hydrogen-bond acceptors (Lipinski definition) is 4. The van der Waals surface area contributed by atoms with Gasteiger partial charge in [0.05, 0.1) is 24.3 Å². The lowest BCUT2D eigenvalue weighted by molar-refractivity contribution is -0.139. The van der Waals surface area contributed by atoms with Crippen molar-refractivity contribution in [1.82, 2.24) is 4.90 Å². The molecule has 3 rings (SSSR count). The van der Waals surface area contributed by atoms with Gasteiger partial charge in [-0.25, -0.2) is 0 Å². The molecule has 0 radical (unpaired) electrons. The lowest BCUT2D eigenvalue weighted by atomic mass is 9.93. The summed E-state index contributed by atoms with van der Waals surface area (Å²) < 4.78 is 5.41. The Morgan fingerprint density at radius 1 is 1.07 bits per heavy atom. The van der Waals surface area contributed by atoms with Crippen molar-refractivity contribution in [3.8, 4) is 5.75 Å². The molecular weight excluding hydrogens is 378 g/mol. The molecule has 2 aromatic carbocycles. The Morgan fingerprint density at radius 2 is 1.80 bits per heavy atom. The van der Waals surface area contributed by atoms with E-state index >= 15 is 0 Å². The molecule has 158 valence electrons. The molecule has 5 heteroatoms. The minimum atomic E-state index is -0.654. The summed E-state index contributed by atoms with van der Waals surface area (Å²) in [5.41, 5.74) is 3.30. The minimum absolute atomic E-state index is 0.117. The van der Waals surface area contributed by atoms with E-state index in [2.05, 4.69) is 6.92 Å². The van der Waals surface area contributed by atoms with Gasteiger partial charge in [0.25, 0.3) is 11.7 Å². The molecule has 2 aromatic rings. The van der Waals surface area contributed by atoms with Crippen molar-refractivity contribution in [3.05, 3.63) is 70.3 Å². The Bertz CT molecular complexity index is 992. The van der Waals surface area contributed by atoms with E-state index in [1.807, 2.05) is 44.2 Å². The number of carbonyl (C=O) groups excluding carboxylic acids is 2.